The van der Waals surface area contributed by atoms with Gasteiger partial charge in [-0.25, -0.2) is 0 Å². The third-order valence-corrected chi connectivity index (χ3v) is 3.32. The molecule has 1 aromatic rings. The molecule has 0 unspecified atom stereocenters. The van der Waals surface area contributed by atoms with Gasteiger partial charge in [-0.15, -0.1) is 0 Å². The van der Waals surface area contributed by atoms with Crippen LogP contribution < -0.4 is 15.8 Å². The zero-order valence-electron chi connectivity index (χ0n) is 12.7. The molecule has 0 aliphatic rings. The Kier molecular flexibility index (Phi) is 5.82. The molecule has 4 N–H and O–H groups in total. The molecule has 0 aliphatic heterocycles. The number of nitrogens with zero attached hydrogens (tertiary/aromatic N) is 1. The largest absolute Gasteiger partial charge is 0.496 e. The van der Waals surface area contributed by atoms with Crippen LogP contribution in [-0.4, -0.2) is 23.7 Å². The molecule has 0 aromatic heterocycles. The highest BCUT2D eigenvalue weighted by molar-refractivity contribution is 5.97. The molecule has 0 atom stereocenters. The number of benzene rings is 1. The molecular weight excluding hydrogens is 254 g/mol. The Hall–Kier alpha value is -1.75. The lowest BCUT2D eigenvalue weighted by molar-refractivity contribution is 0.318. The van der Waals surface area contributed by atoms with Crippen molar-refractivity contribution in [3.05, 3.63) is 29.3 Å². The van der Waals surface area contributed by atoms with Crippen molar-refractivity contribution in [3.8, 4) is 5.75 Å². The highest BCUT2D eigenvalue weighted by atomic mass is 16.5. The first kappa shape index (κ1) is 16.3. The van der Waals surface area contributed by atoms with E-state index >= 15 is 0 Å². The minimum absolute atomic E-state index is 0.0619. The SMILES string of the molecule is CCCC(C)(C)NCc1cc(/C(N)=N/O)ccc1OC. The molecule has 0 fully saturated rings. The second kappa shape index (κ2) is 7.14. The molecule has 0 aliphatic carbocycles. The molecule has 0 amide bonds. The van der Waals surface area contributed by atoms with Crippen LogP contribution in [-0.2, 0) is 6.54 Å². The van der Waals surface area contributed by atoms with Crippen LogP contribution in [0.5, 0.6) is 5.75 Å². The summed E-state index contributed by atoms with van der Waals surface area (Å²) >= 11 is 0. The van der Waals surface area contributed by atoms with Crippen LogP contribution >= 0.6 is 0 Å². The van der Waals surface area contributed by atoms with E-state index < -0.39 is 0 Å². The number of methoxy groups -OCH3 is 1. The van der Waals surface area contributed by atoms with Crippen molar-refractivity contribution in [3.63, 3.8) is 0 Å². The average Bonchev–Trinajstić information content (AvgIpc) is 2.44. The van der Waals surface area contributed by atoms with Crippen molar-refractivity contribution in [1.29, 1.82) is 0 Å². The Morgan fingerprint density at radius 3 is 2.70 bits per heavy atom. The summed E-state index contributed by atoms with van der Waals surface area (Å²) in [6.45, 7) is 7.19. The van der Waals surface area contributed by atoms with Crippen molar-refractivity contribution in [2.75, 3.05) is 7.11 Å². The molecule has 112 valence electrons. The van der Waals surface area contributed by atoms with Gasteiger partial charge in [-0.3, -0.25) is 0 Å². The molecule has 0 saturated heterocycles. The van der Waals surface area contributed by atoms with Crippen LogP contribution in [0.2, 0.25) is 0 Å². The molecular formula is C15H25N3O2. The number of hydrogen-bond donors (Lipinski definition) is 3. The first-order valence-electron chi connectivity index (χ1n) is 6.83. The van der Waals surface area contributed by atoms with E-state index in [0.717, 1.165) is 24.2 Å². The van der Waals surface area contributed by atoms with Gasteiger partial charge in [0.1, 0.15) is 5.75 Å². The van der Waals surface area contributed by atoms with E-state index in [9.17, 15) is 0 Å². The molecule has 1 rings (SSSR count). The number of oxime groups is 1. The summed E-state index contributed by atoms with van der Waals surface area (Å²) in [5, 5.41) is 15.3. The first-order chi connectivity index (χ1) is 9.43. The Morgan fingerprint density at radius 2 is 2.15 bits per heavy atom. The highest BCUT2D eigenvalue weighted by Crippen LogP contribution is 2.21. The predicted molar refractivity (Wildman–Crippen MR) is 81.3 cm³/mol. The molecule has 1 aromatic carbocycles. The van der Waals surface area contributed by atoms with E-state index in [0.29, 0.717) is 12.1 Å². The van der Waals surface area contributed by atoms with Crippen molar-refractivity contribution in [2.45, 2.75) is 45.7 Å². The van der Waals surface area contributed by atoms with Gasteiger partial charge in [0.25, 0.3) is 0 Å². The van der Waals surface area contributed by atoms with Crippen molar-refractivity contribution in [1.82, 2.24) is 5.32 Å². The first-order valence-corrected chi connectivity index (χ1v) is 6.83. The maximum absolute atomic E-state index is 8.75. The maximum Gasteiger partial charge on any atom is 0.170 e. The van der Waals surface area contributed by atoms with E-state index in [1.165, 1.54) is 0 Å². The zero-order valence-corrected chi connectivity index (χ0v) is 12.7. The van der Waals surface area contributed by atoms with E-state index in [1.807, 2.05) is 12.1 Å². The Balaban J connectivity index is 2.92. The highest BCUT2D eigenvalue weighted by Gasteiger charge is 2.16. The molecule has 0 saturated carbocycles. The lowest BCUT2D eigenvalue weighted by atomic mass is 9.98. The summed E-state index contributed by atoms with van der Waals surface area (Å²) in [4.78, 5) is 0. The lowest BCUT2D eigenvalue weighted by Crippen LogP contribution is -2.38. The lowest BCUT2D eigenvalue weighted by Gasteiger charge is -2.26. The molecule has 0 heterocycles. The minimum atomic E-state index is 0.0619. The van der Waals surface area contributed by atoms with E-state index in [4.69, 9.17) is 15.7 Å². The van der Waals surface area contributed by atoms with Gasteiger partial charge in [0.15, 0.2) is 5.84 Å². The van der Waals surface area contributed by atoms with Crippen molar-refractivity contribution >= 4 is 5.84 Å². The number of nitrogens with one attached hydrogen (secondary N) is 1. The maximum atomic E-state index is 8.75. The summed E-state index contributed by atoms with van der Waals surface area (Å²) in [5.41, 5.74) is 7.35. The summed E-state index contributed by atoms with van der Waals surface area (Å²) in [7, 11) is 1.64. The van der Waals surface area contributed by atoms with Gasteiger partial charge in [0.05, 0.1) is 7.11 Å². The number of hydrogen-bond acceptors (Lipinski definition) is 4. The third-order valence-electron chi connectivity index (χ3n) is 3.32. The number of rotatable bonds is 7. The van der Waals surface area contributed by atoms with Crippen molar-refractivity contribution in [2.24, 2.45) is 10.9 Å². The van der Waals surface area contributed by atoms with Gasteiger partial charge in [0.2, 0.25) is 0 Å². The summed E-state index contributed by atoms with van der Waals surface area (Å²) in [6.07, 6.45) is 2.22. The smallest absolute Gasteiger partial charge is 0.170 e. The van der Waals surface area contributed by atoms with Crippen LogP contribution in [0.15, 0.2) is 23.4 Å². The van der Waals surface area contributed by atoms with Crippen LogP contribution in [0.3, 0.4) is 0 Å². The van der Waals surface area contributed by atoms with Gasteiger partial charge in [-0.1, -0.05) is 18.5 Å². The van der Waals surface area contributed by atoms with E-state index in [2.05, 4.69) is 31.2 Å². The summed E-state index contributed by atoms with van der Waals surface area (Å²) in [6, 6.07) is 5.48. The average molecular weight is 279 g/mol. The fourth-order valence-corrected chi connectivity index (χ4v) is 2.18. The van der Waals surface area contributed by atoms with Crippen LogP contribution in [0.1, 0.15) is 44.7 Å². The molecule has 0 radical (unpaired) electrons. The van der Waals surface area contributed by atoms with Gasteiger partial charge >= 0.3 is 0 Å². The molecule has 0 spiro atoms. The second-order valence-electron chi connectivity index (χ2n) is 5.50. The normalized spacial score (nSPS) is 12.5. The standard InChI is InChI=1S/C15H25N3O2/c1-5-8-15(2,3)17-10-12-9-11(14(16)18-19)6-7-13(12)20-4/h6-7,9,17,19H,5,8,10H2,1-4H3,(H2,16,18). The zero-order chi connectivity index (χ0) is 15.2. The van der Waals surface area contributed by atoms with Crippen LogP contribution in [0.4, 0.5) is 0 Å². The van der Waals surface area contributed by atoms with E-state index in [1.54, 1.807) is 13.2 Å². The predicted octanol–water partition coefficient (Wildman–Crippen LogP) is 2.46. The summed E-state index contributed by atoms with van der Waals surface area (Å²) < 4.78 is 5.36. The Morgan fingerprint density at radius 1 is 1.45 bits per heavy atom. The Labute approximate surface area is 120 Å². The third kappa shape index (κ3) is 4.42. The fraction of sp³-hybridized carbons (Fsp3) is 0.533. The van der Waals surface area contributed by atoms with Gasteiger partial charge in [-0.05, 0) is 38.5 Å². The molecule has 5 heteroatoms. The topological polar surface area (TPSA) is 79.9 Å². The summed E-state index contributed by atoms with van der Waals surface area (Å²) in [5.74, 6) is 0.890. The number of ether oxygens (including phenoxy) is 1. The quantitative estimate of drug-likeness (QED) is 0.310. The van der Waals surface area contributed by atoms with Gasteiger partial charge in [0, 0.05) is 23.2 Å². The second-order valence-corrected chi connectivity index (χ2v) is 5.50. The number of amidine groups is 1. The van der Waals surface area contributed by atoms with E-state index in [-0.39, 0.29) is 11.4 Å². The van der Waals surface area contributed by atoms with Crippen molar-refractivity contribution < 1.29 is 9.94 Å². The number of nitrogens with two attached hydrogens (primary N) is 1. The monoisotopic (exact) mass is 279 g/mol. The molecule has 5 nitrogen and oxygen atoms in total. The van der Waals surface area contributed by atoms with Gasteiger partial charge in [-0.2, -0.15) is 0 Å². The minimum Gasteiger partial charge on any atom is -0.496 e. The van der Waals surface area contributed by atoms with Crippen LogP contribution in [0, 0.1) is 0 Å². The van der Waals surface area contributed by atoms with Gasteiger partial charge < -0.3 is 21.0 Å². The fourth-order valence-electron chi connectivity index (χ4n) is 2.18. The van der Waals surface area contributed by atoms with Crippen LogP contribution in [0.25, 0.3) is 0 Å². The Bertz CT molecular complexity index is 470. The molecule has 0 bridgehead atoms. The molecule has 20 heavy (non-hydrogen) atoms.